The normalized spacial score (nSPS) is 17.1. The summed E-state index contributed by atoms with van der Waals surface area (Å²) in [6, 6.07) is 15.2. The van der Waals surface area contributed by atoms with Crippen molar-refractivity contribution >= 4 is 27.6 Å². The third-order valence-electron chi connectivity index (χ3n) is 4.26. The van der Waals surface area contributed by atoms with E-state index >= 15 is 0 Å². The first kappa shape index (κ1) is 18.7. The van der Waals surface area contributed by atoms with E-state index in [1.807, 2.05) is 18.2 Å². The van der Waals surface area contributed by atoms with Gasteiger partial charge >= 0.3 is 0 Å². The van der Waals surface area contributed by atoms with Crippen molar-refractivity contribution in [3.05, 3.63) is 71.7 Å². The van der Waals surface area contributed by atoms with Crippen LogP contribution in [0.4, 0.5) is 5.69 Å². The molecule has 0 aliphatic carbocycles. The number of carbonyl (C=O) groups excluding carboxylic acids is 1. The average Bonchev–Trinajstić information content (AvgIpc) is 2.62. The number of hydrogen-bond acceptors (Lipinski definition) is 6. The van der Waals surface area contributed by atoms with Crippen molar-refractivity contribution in [2.75, 3.05) is 18.6 Å². The topological polar surface area (TPSA) is 105 Å². The molecular formula is C19H20N4O3S. The number of aliphatic imine (C=N–C) groups is 1. The summed E-state index contributed by atoms with van der Waals surface area (Å²) in [5.41, 5.74) is 7.64. The lowest BCUT2D eigenvalue weighted by Gasteiger charge is -2.32. The van der Waals surface area contributed by atoms with Gasteiger partial charge in [0.15, 0.2) is 15.7 Å². The molecule has 0 aromatic heterocycles. The Bertz CT molecular complexity index is 1010. The van der Waals surface area contributed by atoms with Crippen LogP contribution in [-0.2, 0) is 14.6 Å². The van der Waals surface area contributed by atoms with Crippen LogP contribution in [0.3, 0.4) is 0 Å². The van der Waals surface area contributed by atoms with Gasteiger partial charge in [-0.15, -0.1) is 0 Å². The van der Waals surface area contributed by atoms with Gasteiger partial charge in [0.25, 0.3) is 5.91 Å². The molecule has 0 saturated carbocycles. The van der Waals surface area contributed by atoms with Gasteiger partial charge in [-0.3, -0.25) is 4.79 Å². The second-order valence-electron chi connectivity index (χ2n) is 6.23. The fourth-order valence-electron chi connectivity index (χ4n) is 2.84. The van der Waals surface area contributed by atoms with Crippen LogP contribution in [0, 0.1) is 0 Å². The van der Waals surface area contributed by atoms with Gasteiger partial charge in [0.1, 0.15) is 5.70 Å². The Hall–Kier alpha value is -3.13. The Kier molecular flexibility index (Phi) is 5.00. The van der Waals surface area contributed by atoms with E-state index in [1.54, 1.807) is 42.4 Å². The SMILES string of the molecule is CN1C(C(=O)Nc2ccccc2)=C(N)N=CC1c1ccc(S(C)(=O)=O)cc1. The minimum Gasteiger partial charge on any atom is -0.382 e. The van der Waals surface area contributed by atoms with E-state index in [1.165, 1.54) is 12.1 Å². The molecule has 1 unspecified atom stereocenters. The molecule has 1 heterocycles. The Balaban J connectivity index is 1.85. The fourth-order valence-corrected chi connectivity index (χ4v) is 3.47. The number of likely N-dealkylation sites (N-methyl/N-ethyl adjacent to an activating group) is 1. The monoisotopic (exact) mass is 384 g/mol. The highest BCUT2D eigenvalue weighted by atomic mass is 32.2. The lowest BCUT2D eigenvalue weighted by Crippen LogP contribution is -2.36. The van der Waals surface area contributed by atoms with Gasteiger partial charge in [-0.1, -0.05) is 30.3 Å². The van der Waals surface area contributed by atoms with Crippen molar-refractivity contribution in [3.63, 3.8) is 0 Å². The summed E-state index contributed by atoms with van der Waals surface area (Å²) in [7, 11) is -1.53. The summed E-state index contributed by atoms with van der Waals surface area (Å²) in [5, 5.41) is 2.80. The molecule has 1 amide bonds. The number of para-hydroxylation sites is 1. The molecule has 2 aromatic carbocycles. The van der Waals surface area contributed by atoms with Crippen LogP contribution in [0.15, 0.2) is 76.0 Å². The maximum atomic E-state index is 12.7. The van der Waals surface area contributed by atoms with Crippen LogP contribution in [0.5, 0.6) is 0 Å². The van der Waals surface area contributed by atoms with Crippen LogP contribution in [-0.4, -0.2) is 38.7 Å². The highest BCUT2D eigenvalue weighted by Gasteiger charge is 2.28. The fraction of sp³-hybridized carbons (Fsp3) is 0.158. The summed E-state index contributed by atoms with van der Waals surface area (Å²) in [6.45, 7) is 0. The highest BCUT2D eigenvalue weighted by Crippen LogP contribution is 2.28. The van der Waals surface area contributed by atoms with Gasteiger partial charge in [-0.25, -0.2) is 13.4 Å². The number of anilines is 1. The van der Waals surface area contributed by atoms with Gasteiger partial charge in [0.2, 0.25) is 0 Å². The standard InChI is InChI=1S/C19H20N4O3S/c1-23-16(13-8-10-15(11-9-13)27(2,25)26)12-21-18(20)17(23)19(24)22-14-6-4-3-5-7-14/h3-12,16H,20H2,1-2H3,(H,22,24). The summed E-state index contributed by atoms with van der Waals surface area (Å²) < 4.78 is 23.3. The van der Waals surface area contributed by atoms with E-state index in [0.29, 0.717) is 5.69 Å². The molecule has 27 heavy (non-hydrogen) atoms. The number of nitrogens with one attached hydrogen (secondary N) is 1. The molecule has 7 nitrogen and oxygen atoms in total. The molecule has 140 valence electrons. The lowest BCUT2D eigenvalue weighted by molar-refractivity contribution is -0.114. The molecule has 0 spiro atoms. The first-order chi connectivity index (χ1) is 12.8. The second kappa shape index (κ2) is 7.24. The summed E-state index contributed by atoms with van der Waals surface area (Å²) >= 11 is 0. The van der Waals surface area contributed by atoms with Crippen LogP contribution >= 0.6 is 0 Å². The summed E-state index contributed by atoms with van der Waals surface area (Å²) in [5.74, 6) is -0.245. The molecule has 0 fully saturated rings. The minimum absolute atomic E-state index is 0.120. The van der Waals surface area contributed by atoms with E-state index in [2.05, 4.69) is 10.3 Å². The second-order valence-corrected chi connectivity index (χ2v) is 8.24. The van der Waals surface area contributed by atoms with Gasteiger partial charge in [0, 0.05) is 25.2 Å². The van der Waals surface area contributed by atoms with Gasteiger partial charge < -0.3 is 16.0 Å². The third kappa shape index (κ3) is 4.01. The highest BCUT2D eigenvalue weighted by molar-refractivity contribution is 7.90. The molecule has 1 aliphatic rings. The lowest BCUT2D eigenvalue weighted by atomic mass is 10.0. The van der Waals surface area contributed by atoms with E-state index in [9.17, 15) is 13.2 Å². The molecule has 1 aliphatic heterocycles. The molecule has 2 aromatic rings. The maximum absolute atomic E-state index is 12.7. The maximum Gasteiger partial charge on any atom is 0.275 e. The van der Waals surface area contributed by atoms with Crippen molar-refractivity contribution in [3.8, 4) is 0 Å². The molecule has 0 bridgehead atoms. The van der Waals surface area contributed by atoms with E-state index in [4.69, 9.17) is 5.73 Å². The number of benzene rings is 2. The zero-order valence-corrected chi connectivity index (χ0v) is 15.8. The number of amides is 1. The van der Waals surface area contributed by atoms with Gasteiger partial charge in [-0.2, -0.15) is 0 Å². The van der Waals surface area contributed by atoms with Crippen LogP contribution in [0.1, 0.15) is 11.6 Å². The molecule has 3 N–H and O–H groups in total. The number of hydrogen-bond donors (Lipinski definition) is 2. The molecular weight excluding hydrogens is 364 g/mol. The number of carbonyl (C=O) groups is 1. The van der Waals surface area contributed by atoms with Crippen LogP contribution in [0.25, 0.3) is 0 Å². The Labute approximate surface area is 158 Å². The van der Waals surface area contributed by atoms with Crippen molar-refractivity contribution < 1.29 is 13.2 Å². The smallest absolute Gasteiger partial charge is 0.275 e. The van der Waals surface area contributed by atoms with Crippen LogP contribution < -0.4 is 11.1 Å². The Morgan fingerprint density at radius 2 is 1.74 bits per heavy atom. The summed E-state index contributed by atoms with van der Waals surface area (Å²) in [4.78, 5) is 18.8. The first-order valence-electron chi connectivity index (χ1n) is 8.20. The van der Waals surface area contributed by atoms with E-state index in [-0.39, 0.29) is 28.4 Å². The van der Waals surface area contributed by atoms with E-state index in [0.717, 1.165) is 11.8 Å². The van der Waals surface area contributed by atoms with E-state index < -0.39 is 9.84 Å². The molecule has 0 saturated heterocycles. The predicted octanol–water partition coefficient (Wildman–Crippen LogP) is 1.91. The average molecular weight is 384 g/mol. The largest absolute Gasteiger partial charge is 0.382 e. The Morgan fingerprint density at radius 3 is 2.33 bits per heavy atom. The number of sulfone groups is 1. The predicted molar refractivity (Wildman–Crippen MR) is 105 cm³/mol. The number of rotatable bonds is 4. The molecule has 0 radical (unpaired) electrons. The molecule has 3 rings (SSSR count). The zero-order chi connectivity index (χ0) is 19.6. The van der Waals surface area contributed by atoms with Crippen molar-refractivity contribution in [1.82, 2.24) is 4.90 Å². The minimum atomic E-state index is -3.27. The van der Waals surface area contributed by atoms with Gasteiger partial charge in [0.05, 0.1) is 10.9 Å². The van der Waals surface area contributed by atoms with Crippen molar-refractivity contribution in [1.29, 1.82) is 0 Å². The quantitative estimate of drug-likeness (QED) is 0.838. The van der Waals surface area contributed by atoms with Crippen molar-refractivity contribution in [2.24, 2.45) is 10.7 Å². The first-order valence-corrected chi connectivity index (χ1v) is 10.1. The number of nitrogens with zero attached hydrogens (tertiary/aromatic N) is 2. The molecule has 1 atom stereocenters. The van der Waals surface area contributed by atoms with Gasteiger partial charge in [-0.05, 0) is 29.8 Å². The van der Waals surface area contributed by atoms with Crippen LogP contribution in [0.2, 0.25) is 0 Å². The number of nitrogens with two attached hydrogens (primary N) is 1. The zero-order valence-electron chi connectivity index (χ0n) is 15.0. The van der Waals surface area contributed by atoms with Crippen molar-refractivity contribution in [2.45, 2.75) is 10.9 Å². The molecule has 8 heteroatoms. The Morgan fingerprint density at radius 1 is 1.11 bits per heavy atom. The summed E-state index contributed by atoms with van der Waals surface area (Å²) in [6.07, 6.45) is 2.79. The third-order valence-corrected chi connectivity index (χ3v) is 5.39.